The molecule has 0 amide bonds. The number of nitrogens with zero attached hydrogens (tertiary/aromatic N) is 2. The third-order valence-electron chi connectivity index (χ3n) is 5.83. The van der Waals surface area contributed by atoms with E-state index in [-0.39, 0.29) is 6.10 Å². The summed E-state index contributed by atoms with van der Waals surface area (Å²) in [4.78, 5) is 11.6. The molecule has 2 aromatic rings. The SMILES string of the molecule is C/C=C/COC[C@H]1CCc2sc3ncnc(O[C@H]4CC[C@H](NC)CC4)c3c21. The number of rotatable bonds is 7. The second-order valence-electron chi connectivity index (χ2n) is 7.52. The summed E-state index contributed by atoms with van der Waals surface area (Å²) in [5.74, 6) is 1.21. The number of allylic oxidation sites excluding steroid dienone is 1. The summed E-state index contributed by atoms with van der Waals surface area (Å²) in [6, 6.07) is 0.624. The highest BCUT2D eigenvalue weighted by molar-refractivity contribution is 7.19. The minimum Gasteiger partial charge on any atom is -0.474 e. The van der Waals surface area contributed by atoms with Crippen molar-refractivity contribution in [1.82, 2.24) is 15.3 Å². The highest BCUT2D eigenvalue weighted by atomic mass is 32.1. The Bertz CT molecular complexity index is 796. The van der Waals surface area contributed by atoms with Gasteiger partial charge in [-0.15, -0.1) is 11.3 Å². The maximum Gasteiger partial charge on any atom is 0.225 e. The molecule has 2 aromatic heterocycles. The van der Waals surface area contributed by atoms with Crippen molar-refractivity contribution < 1.29 is 9.47 Å². The van der Waals surface area contributed by atoms with E-state index in [0.717, 1.165) is 48.4 Å². The summed E-state index contributed by atoms with van der Waals surface area (Å²) in [7, 11) is 2.05. The van der Waals surface area contributed by atoms with E-state index in [1.54, 1.807) is 17.7 Å². The van der Waals surface area contributed by atoms with Crippen molar-refractivity contribution in [2.24, 2.45) is 0 Å². The quantitative estimate of drug-likeness (QED) is 0.569. The highest BCUT2D eigenvalue weighted by Gasteiger charge is 2.31. The molecule has 1 N–H and O–H groups in total. The van der Waals surface area contributed by atoms with Crippen LogP contribution in [0.25, 0.3) is 10.2 Å². The Morgan fingerprint density at radius 2 is 2.07 bits per heavy atom. The van der Waals surface area contributed by atoms with Gasteiger partial charge in [0.1, 0.15) is 17.3 Å². The molecule has 1 fully saturated rings. The molecule has 0 aromatic carbocycles. The molecular formula is C21H29N3O2S. The van der Waals surface area contributed by atoms with Gasteiger partial charge in [0.2, 0.25) is 5.88 Å². The van der Waals surface area contributed by atoms with Gasteiger partial charge in [-0.25, -0.2) is 9.97 Å². The van der Waals surface area contributed by atoms with Crippen molar-refractivity contribution in [1.29, 1.82) is 0 Å². The third kappa shape index (κ3) is 4.03. The van der Waals surface area contributed by atoms with Crippen molar-refractivity contribution in [2.75, 3.05) is 20.3 Å². The Morgan fingerprint density at radius 1 is 1.22 bits per heavy atom. The van der Waals surface area contributed by atoms with Crippen LogP contribution in [0.2, 0.25) is 0 Å². The number of aryl methyl sites for hydroxylation is 1. The summed E-state index contributed by atoms with van der Waals surface area (Å²) in [5, 5.41) is 4.53. The fourth-order valence-corrected chi connectivity index (χ4v) is 5.53. The van der Waals surface area contributed by atoms with Gasteiger partial charge in [-0.1, -0.05) is 12.2 Å². The number of hydrogen-bond acceptors (Lipinski definition) is 6. The lowest BCUT2D eigenvalue weighted by Crippen LogP contribution is -2.34. The molecule has 5 nitrogen and oxygen atoms in total. The zero-order valence-corrected chi connectivity index (χ0v) is 17.1. The Labute approximate surface area is 165 Å². The van der Waals surface area contributed by atoms with Gasteiger partial charge >= 0.3 is 0 Å². The molecular weight excluding hydrogens is 358 g/mol. The number of ether oxygens (including phenoxy) is 2. The lowest BCUT2D eigenvalue weighted by Gasteiger charge is -2.28. The molecule has 2 heterocycles. The molecule has 6 heteroatoms. The van der Waals surface area contributed by atoms with Crippen LogP contribution >= 0.6 is 11.3 Å². The van der Waals surface area contributed by atoms with Crippen molar-refractivity contribution in [3.8, 4) is 5.88 Å². The van der Waals surface area contributed by atoms with Crippen LogP contribution in [0.5, 0.6) is 5.88 Å². The molecule has 27 heavy (non-hydrogen) atoms. The molecule has 1 atom stereocenters. The first kappa shape index (κ1) is 18.8. The largest absolute Gasteiger partial charge is 0.474 e. The van der Waals surface area contributed by atoms with E-state index in [0.29, 0.717) is 18.6 Å². The van der Waals surface area contributed by atoms with Gasteiger partial charge in [0.25, 0.3) is 0 Å². The van der Waals surface area contributed by atoms with Crippen molar-refractivity contribution in [3.05, 3.63) is 28.9 Å². The average Bonchev–Trinajstić information content (AvgIpc) is 3.26. The van der Waals surface area contributed by atoms with Crippen molar-refractivity contribution in [2.45, 2.75) is 63.5 Å². The van der Waals surface area contributed by atoms with E-state index < -0.39 is 0 Å². The van der Waals surface area contributed by atoms with E-state index >= 15 is 0 Å². The minimum absolute atomic E-state index is 0.258. The zero-order chi connectivity index (χ0) is 18.6. The Kier molecular flexibility index (Phi) is 6.05. The molecule has 146 valence electrons. The lowest BCUT2D eigenvalue weighted by molar-refractivity contribution is 0.137. The van der Waals surface area contributed by atoms with Crippen molar-refractivity contribution >= 4 is 21.6 Å². The predicted molar refractivity (Wildman–Crippen MR) is 110 cm³/mol. The van der Waals surface area contributed by atoms with E-state index in [1.165, 1.54) is 23.3 Å². The molecule has 2 aliphatic carbocycles. The fraction of sp³-hybridized carbons (Fsp3) is 0.619. The van der Waals surface area contributed by atoms with Crippen LogP contribution in [0.4, 0.5) is 0 Å². The van der Waals surface area contributed by atoms with Crippen molar-refractivity contribution in [3.63, 3.8) is 0 Å². The smallest absolute Gasteiger partial charge is 0.225 e. The van der Waals surface area contributed by atoms with Crippen LogP contribution in [-0.2, 0) is 11.2 Å². The summed E-state index contributed by atoms with van der Waals surface area (Å²) < 4.78 is 12.3. The van der Waals surface area contributed by atoms with Crippen LogP contribution in [-0.4, -0.2) is 42.4 Å². The van der Waals surface area contributed by atoms with Gasteiger partial charge in [0, 0.05) is 16.8 Å². The first-order valence-electron chi connectivity index (χ1n) is 10.1. The van der Waals surface area contributed by atoms with Crippen LogP contribution < -0.4 is 10.1 Å². The minimum atomic E-state index is 0.258. The van der Waals surface area contributed by atoms with E-state index in [2.05, 4.69) is 21.4 Å². The number of nitrogens with one attached hydrogen (secondary N) is 1. The van der Waals surface area contributed by atoms with Crippen LogP contribution in [0, 0.1) is 0 Å². The zero-order valence-electron chi connectivity index (χ0n) is 16.2. The standard InChI is InChI=1S/C21H29N3O2S/c1-3-4-11-25-12-14-5-10-17-18(14)19-20(23-13-24-21(19)27-17)26-16-8-6-15(22-2)7-9-16/h3-4,13-16,22H,5-12H2,1-2H3/b4-3+/t14-,15-,16-/m1/s1. The average molecular weight is 388 g/mol. The first-order valence-corrected chi connectivity index (χ1v) is 10.9. The first-order chi connectivity index (χ1) is 13.3. The lowest BCUT2D eigenvalue weighted by atomic mass is 9.93. The molecule has 0 aliphatic heterocycles. The second kappa shape index (κ2) is 8.67. The maximum atomic E-state index is 6.41. The monoisotopic (exact) mass is 387 g/mol. The number of aromatic nitrogens is 2. The van der Waals surface area contributed by atoms with Gasteiger partial charge in [-0.05, 0) is 58.1 Å². The molecule has 0 bridgehead atoms. The predicted octanol–water partition coefficient (Wildman–Crippen LogP) is 4.22. The molecule has 4 rings (SSSR count). The summed E-state index contributed by atoms with van der Waals surface area (Å²) in [6.45, 7) is 3.46. The molecule has 1 saturated carbocycles. The number of fused-ring (bicyclic) bond motifs is 3. The Balaban J connectivity index is 1.54. The number of hydrogen-bond donors (Lipinski definition) is 1. The Morgan fingerprint density at radius 3 is 2.85 bits per heavy atom. The topological polar surface area (TPSA) is 56.3 Å². The fourth-order valence-electron chi connectivity index (χ4n) is 4.30. The molecule has 2 aliphatic rings. The summed E-state index contributed by atoms with van der Waals surface area (Å²) >= 11 is 1.80. The van der Waals surface area contributed by atoms with Gasteiger partial charge in [0.05, 0.1) is 18.6 Å². The highest BCUT2D eigenvalue weighted by Crippen LogP contribution is 2.46. The van der Waals surface area contributed by atoms with E-state index in [1.807, 2.05) is 20.0 Å². The van der Waals surface area contributed by atoms with Gasteiger partial charge < -0.3 is 14.8 Å². The summed E-state index contributed by atoms with van der Waals surface area (Å²) in [6.07, 6.45) is 12.8. The molecule has 0 radical (unpaired) electrons. The summed E-state index contributed by atoms with van der Waals surface area (Å²) in [5.41, 5.74) is 1.38. The number of thiophene rings is 1. The molecule has 0 saturated heterocycles. The maximum absolute atomic E-state index is 6.41. The second-order valence-corrected chi connectivity index (χ2v) is 8.60. The van der Waals surface area contributed by atoms with Gasteiger partial charge in [0.15, 0.2) is 0 Å². The van der Waals surface area contributed by atoms with Crippen LogP contribution in [0.3, 0.4) is 0 Å². The van der Waals surface area contributed by atoms with E-state index in [4.69, 9.17) is 9.47 Å². The Hall–Kier alpha value is -1.50. The van der Waals surface area contributed by atoms with Crippen LogP contribution in [0.1, 0.15) is 55.4 Å². The van der Waals surface area contributed by atoms with Gasteiger partial charge in [-0.2, -0.15) is 0 Å². The van der Waals surface area contributed by atoms with Crippen LogP contribution in [0.15, 0.2) is 18.5 Å². The third-order valence-corrected chi connectivity index (χ3v) is 7.00. The molecule has 0 spiro atoms. The van der Waals surface area contributed by atoms with Gasteiger partial charge in [-0.3, -0.25) is 0 Å². The van der Waals surface area contributed by atoms with E-state index in [9.17, 15) is 0 Å². The molecule has 0 unspecified atom stereocenters. The normalized spacial score (nSPS) is 25.3.